The highest BCUT2D eigenvalue weighted by Gasteiger charge is 2.28. The Morgan fingerprint density at radius 2 is 1.93 bits per heavy atom. The quantitative estimate of drug-likeness (QED) is 0.481. The molecule has 2 aromatic heterocycles. The molecule has 1 aliphatic heterocycles. The molecule has 1 saturated heterocycles. The fourth-order valence-corrected chi connectivity index (χ4v) is 5.07. The summed E-state index contributed by atoms with van der Waals surface area (Å²) in [6, 6.07) is 16.7. The zero-order chi connectivity index (χ0) is 20.5. The van der Waals surface area contributed by atoms with Crippen LogP contribution in [0.15, 0.2) is 60.8 Å². The van der Waals surface area contributed by atoms with Crippen LogP contribution in [0.4, 0.5) is 4.39 Å². The Kier molecular flexibility index (Phi) is 5.04. The molecule has 0 spiro atoms. The van der Waals surface area contributed by atoms with Gasteiger partial charge in [-0.15, -0.1) is 10.2 Å². The molecule has 7 heteroatoms. The van der Waals surface area contributed by atoms with Gasteiger partial charge in [0.1, 0.15) is 17.4 Å². The molecule has 0 bridgehead atoms. The van der Waals surface area contributed by atoms with Gasteiger partial charge in [0, 0.05) is 36.3 Å². The van der Waals surface area contributed by atoms with E-state index in [0.29, 0.717) is 23.7 Å². The SMILES string of the molecule is O=C(Cn1ccc2ccccc21)N1CCCC(c2nnc(-c3ccccc3F)s2)C1. The number of carbonyl (C=O) groups is 1. The van der Waals surface area contributed by atoms with Crippen LogP contribution in [-0.2, 0) is 11.3 Å². The molecule has 5 rings (SSSR count). The number of carbonyl (C=O) groups excluding carboxylic acids is 1. The van der Waals surface area contributed by atoms with Crippen molar-refractivity contribution in [2.24, 2.45) is 0 Å². The molecule has 0 N–H and O–H groups in total. The number of fused-ring (bicyclic) bond motifs is 1. The molecular weight excluding hydrogens is 399 g/mol. The van der Waals surface area contributed by atoms with Crippen LogP contribution in [0, 0.1) is 5.82 Å². The van der Waals surface area contributed by atoms with Crippen molar-refractivity contribution in [3.05, 3.63) is 71.6 Å². The van der Waals surface area contributed by atoms with Crippen molar-refractivity contribution in [3.63, 3.8) is 0 Å². The zero-order valence-electron chi connectivity index (χ0n) is 16.4. The molecular formula is C23H21FN4OS. The van der Waals surface area contributed by atoms with Crippen molar-refractivity contribution in [1.29, 1.82) is 0 Å². The third-order valence-corrected chi connectivity index (χ3v) is 6.77. The smallest absolute Gasteiger partial charge is 0.242 e. The van der Waals surface area contributed by atoms with E-state index < -0.39 is 0 Å². The van der Waals surface area contributed by atoms with E-state index in [1.54, 1.807) is 18.2 Å². The predicted molar refractivity (Wildman–Crippen MR) is 116 cm³/mol. The Morgan fingerprint density at radius 1 is 1.10 bits per heavy atom. The molecule has 3 heterocycles. The second-order valence-electron chi connectivity index (χ2n) is 7.61. The molecule has 0 aliphatic carbocycles. The number of halogens is 1. The Bertz CT molecular complexity index is 1200. The van der Waals surface area contributed by atoms with E-state index in [9.17, 15) is 9.18 Å². The number of likely N-dealkylation sites (tertiary alicyclic amines) is 1. The monoisotopic (exact) mass is 420 g/mol. The summed E-state index contributed by atoms with van der Waals surface area (Å²) in [5.74, 6) is -0.0402. The third-order valence-electron chi connectivity index (χ3n) is 5.65. The first-order valence-corrected chi connectivity index (χ1v) is 10.9. The maximum atomic E-state index is 14.1. The molecule has 0 radical (unpaired) electrons. The Hall–Kier alpha value is -3.06. The lowest BCUT2D eigenvalue weighted by atomic mass is 9.99. The van der Waals surface area contributed by atoms with E-state index in [-0.39, 0.29) is 17.6 Å². The maximum Gasteiger partial charge on any atom is 0.242 e. The highest BCUT2D eigenvalue weighted by Crippen LogP contribution is 2.33. The minimum Gasteiger partial charge on any atom is -0.340 e. The number of aromatic nitrogens is 3. The number of amides is 1. The lowest BCUT2D eigenvalue weighted by Crippen LogP contribution is -2.40. The Labute approximate surface area is 177 Å². The lowest BCUT2D eigenvalue weighted by Gasteiger charge is -2.31. The summed E-state index contributed by atoms with van der Waals surface area (Å²) in [5, 5.41) is 11.1. The first kappa shape index (κ1) is 18.9. The number of piperidine rings is 1. The largest absolute Gasteiger partial charge is 0.340 e. The van der Waals surface area contributed by atoms with Gasteiger partial charge in [-0.05, 0) is 42.5 Å². The number of hydrogen-bond acceptors (Lipinski definition) is 4. The maximum absolute atomic E-state index is 14.1. The van der Waals surface area contributed by atoms with Gasteiger partial charge in [-0.25, -0.2) is 4.39 Å². The average Bonchev–Trinajstić information content (AvgIpc) is 3.42. The number of nitrogens with zero attached hydrogens (tertiary/aromatic N) is 4. The van der Waals surface area contributed by atoms with Crippen LogP contribution >= 0.6 is 11.3 Å². The van der Waals surface area contributed by atoms with Crippen molar-refractivity contribution < 1.29 is 9.18 Å². The predicted octanol–water partition coefficient (Wildman–Crippen LogP) is 4.71. The summed E-state index contributed by atoms with van der Waals surface area (Å²) < 4.78 is 16.1. The van der Waals surface area contributed by atoms with Crippen molar-refractivity contribution in [2.45, 2.75) is 25.3 Å². The summed E-state index contributed by atoms with van der Waals surface area (Å²) in [4.78, 5) is 14.9. The van der Waals surface area contributed by atoms with E-state index in [2.05, 4.69) is 16.3 Å². The van der Waals surface area contributed by atoms with Gasteiger partial charge in [-0.3, -0.25) is 4.79 Å². The Morgan fingerprint density at radius 3 is 2.83 bits per heavy atom. The van der Waals surface area contributed by atoms with E-state index in [0.717, 1.165) is 35.3 Å². The van der Waals surface area contributed by atoms with Crippen LogP contribution in [0.25, 0.3) is 21.5 Å². The van der Waals surface area contributed by atoms with Gasteiger partial charge < -0.3 is 9.47 Å². The van der Waals surface area contributed by atoms with E-state index in [4.69, 9.17) is 0 Å². The molecule has 1 aliphatic rings. The minimum atomic E-state index is -0.292. The number of para-hydroxylation sites is 1. The van der Waals surface area contributed by atoms with Gasteiger partial charge in [0.2, 0.25) is 5.91 Å². The van der Waals surface area contributed by atoms with Gasteiger partial charge in [0.05, 0.1) is 0 Å². The number of benzene rings is 2. The van der Waals surface area contributed by atoms with Crippen molar-refractivity contribution in [2.75, 3.05) is 13.1 Å². The van der Waals surface area contributed by atoms with Gasteiger partial charge >= 0.3 is 0 Å². The molecule has 5 nitrogen and oxygen atoms in total. The molecule has 1 atom stereocenters. The lowest BCUT2D eigenvalue weighted by molar-refractivity contribution is -0.133. The molecule has 1 unspecified atom stereocenters. The molecule has 0 saturated carbocycles. The second-order valence-corrected chi connectivity index (χ2v) is 8.62. The zero-order valence-corrected chi connectivity index (χ0v) is 17.2. The van der Waals surface area contributed by atoms with Gasteiger partial charge in [0.15, 0.2) is 5.01 Å². The third kappa shape index (κ3) is 3.61. The number of hydrogen-bond donors (Lipinski definition) is 0. The standard InChI is InChI=1S/C23H21FN4OS/c24-19-9-3-2-8-18(19)23-26-25-22(30-23)17-7-5-12-28(14-17)21(29)15-27-13-11-16-6-1-4-10-20(16)27/h1-4,6,8-11,13,17H,5,7,12,14-15H2. The van der Waals surface area contributed by atoms with Crippen molar-refractivity contribution >= 4 is 28.1 Å². The van der Waals surface area contributed by atoms with Crippen LogP contribution in [0.1, 0.15) is 23.8 Å². The van der Waals surface area contributed by atoms with E-state index >= 15 is 0 Å². The number of rotatable bonds is 4. The molecule has 1 amide bonds. The van der Waals surface area contributed by atoms with Crippen LogP contribution in [0.5, 0.6) is 0 Å². The van der Waals surface area contributed by atoms with E-state index in [1.165, 1.54) is 17.4 Å². The summed E-state index contributed by atoms with van der Waals surface area (Å²) in [6.07, 6.45) is 3.86. The van der Waals surface area contributed by atoms with Gasteiger partial charge in [-0.2, -0.15) is 0 Å². The van der Waals surface area contributed by atoms with Crippen LogP contribution < -0.4 is 0 Å². The average molecular weight is 421 g/mol. The van der Waals surface area contributed by atoms with Gasteiger partial charge in [0.25, 0.3) is 0 Å². The van der Waals surface area contributed by atoms with Gasteiger partial charge in [-0.1, -0.05) is 41.7 Å². The molecule has 2 aromatic carbocycles. The normalized spacial score (nSPS) is 16.8. The highest BCUT2D eigenvalue weighted by molar-refractivity contribution is 7.14. The summed E-state index contributed by atoms with van der Waals surface area (Å²) in [6.45, 7) is 1.72. The highest BCUT2D eigenvalue weighted by atomic mass is 32.1. The van der Waals surface area contributed by atoms with Crippen LogP contribution in [0.2, 0.25) is 0 Å². The fraction of sp³-hybridized carbons (Fsp3) is 0.261. The van der Waals surface area contributed by atoms with Crippen molar-refractivity contribution in [3.8, 4) is 10.6 Å². The first-order valence-electron chi connectivity index (χ1n) is 10.1. The van der Waals surface area contributed by atoms with Crippen LogP contribution in [-0.4, -0.2) is 38.7 Å². The molecule has 30 heavy (non-hydrogen) atoms. The molecule has 4 aromatic rings. The Balaban J connectivity index is 1.30. The summed E-state index contributed by atoms with van der Waals surface area (Å²) in [5.41, 5.74) is 1.54. The summed E-state index contributed by atoms with van der Waals surface area (Å²) >= 11 is 1.42. The summed E-state index contributed by atoms with van der Waals surface area (Å²) in [7, 11) is 0. The molecule has 1 fully saturated rings. The first-order chi connectivity index (χ1) is 14.7. The topological polar surface area (TPSA) is 51.0 Å². The van der Waals surface area contributed by atoms with Crippen molar-refractivity contribution in [1.82, 2.24) is 19.7 Å². The minimum absolute atomic E-state index is 0.111. The van der Waals surface area contributed by atoms with Crippen LogP contribution in [0.3, 0.4) is 0 Å². The second kappa shape index (κ2) is 7.99. The fourth-order valence-electron chi connectivity index (χ4n) is 4.07. The van der Waals surface area contributed by atoms with E-state index in [1.807, 2.05) is 39.9 Å². The molecule has 152 valence electrons.